The van der Waals surface area contributed by atoms with E-state index in [9.17, 15) is 0 Å². The monoisotopic (exact) mass is 335 g/mol. The van der Waals surface area contributed by atoms with Gasteiger partial charge in [-0.15, -0.1) is 0 Å². The number of ether oxygens (including phenoxy) is 1. The molecule has 0 bridgehead atoms. The molecule has 0 unspecified atom stereocenters. The third-order valence-corrected chi connectivity index (χ3v) is 3.46. The summed E-state index contributed by atoms with van der Waals surface area (Å²) in [6.45, 7) is 0. The molecule has 126 valence electrons. The molecule has 0 saturated carbocycles. The van der Waals surface area contributed by atoms with Crippen molar-refractivity contribution in [2.45, 2.75) is 0 Å². The average molecular weight is 335 g/mol. The second-order valence-corrected chi connectivity index (χ2v) is 5.19. The third-order valence-electron chi connectivity index (χ3n) is 3.46. The van der Waals surface area contributed by atoms with Crippen LogP contribution in [0.2, 0.25) is 0 Å². The van der Waals surface area contributed by atoms with Crippen molar-refractivity contribution < 1.29 is 4.74 Å². The number of nitrogen functional groups attached to an aromatic ring is 2. The van der Waals surface area contributed by atoms with E-state index in [0.29, 0.717) is 40.2 Å². The molecule has 0 spiro atoms. The minimum atomic E-state index is 0.256. The van der Waals surface area contributed by atoms with Crippen molar-refractivity contribution in [2.75, 3.05) is 18.6 Å². The maximum Gasteiger partial charge on any atom is 0.213 e. The summed E-state index contributed by atoms with van der Waals surface area (Å²) in [6, 6.07) is 7.15. The summed E-state index contributed by atoms with van der Waals surface area (Å²) in [5, 5.41) is 8.21. The summed E-state index contributed by atoms with van der Waals surface area (Å²) < 4.78 is 5.14. The molecule has 0 fully saturated rings. The Morgan fingerprint density at radius 1 is 1.24 bits per heavy atom. The topological polar surface area (TPSA) is 140 Å². The number of rotatable bonds is 5. The molecule has 8 heteroatoms. The van der Waals surface area contributed by atoms with Gasteiger partial charge in [-0.1, -0.05) is 6.07 Å². The zero-order valence-corrected chi connectivity index (χ0v) is 13.5. The lowest BCUT2D eigenvalue weighted by atomic mass is 10.1. The van der Waals surface area contributed by atoms with Crippen LogP contribution >= 0.6 is 0 Å². The average Bonchev–Trinajstić information content (AvgIpc) is 3.05. The molecule has 0 aliphatic carbocycles. The molecule has 0 amide bonds. The molecular formula is C17H17N7O. The van der Waals surface area contributed by atoms with Gasteiger partial charge in [0.2, 0.25) is 5.88 Å². The number of allylic oxidation sites excluding steroid dienone is 1. The fourth-order valence-electron chi connectivity index (χ4n) is 2.20. The minimum Gasteiger partial charge on any atom is -0.481 e. The van der Waals surface area contributed by atoms with Gasteiger partial charge in [0.25, 0.3) is 0 Å². The summed E-state index contributed by atoms with van der Waals surface area (Å²) in [5.74, 6) is 1.85. The van der Waals surface area contributed by atoms with Crippen LogP contribution in [0.3, 0.4) is 0 Å². The Bertz CT molecular complexity index is 946. The van der Waals surface area contributed by atoms with Crippen molar-refractivity contribution in [3.05, 3.63) is 54.1 Å². The van der Waals surface area contributed by atoms with E-state index in [-0.39, 0.29) is 5.71 Å². The van der Waals surface area contributed by atoms with Crippen LogP contribution < -0.4 is 16.2 Å². The molecule has 0 radical (unpaired) electrons. The number of pyridine rings is 2. The first-order chi connectivity index (χ1) is 12.1. The van der Waals surface area contributed by atoms with Crippen molar-refractivity contribution in [1.82, 2.24) is 19.9 Å². The molecule has 3 aromatic heterocycles. The molecule has 6 N–H and O–H groups in total. The first kappa shape index (κ1) is 16.2. The van der Waals surface area contributed by atoms with Gasteiger partial charge in [0, 0.05) is 23.4 Å². The predicted octanol–water partition coefficient (Wildman–Crippen LogP) is 2.12. The Kier molecular flexibility index (Phi) is 4.42. The van der Waals surface area contributed by atoms with Crippen molar-refractivity contribution in [3.8, 4) is 17.1 Å². The lowest BCUT2D eigenvalue weighted by molar-refractivity contribution is 0.398. The van der Waals surface area contributed by atoms with E-state index in [2.05, 4.69) is 19.9 Å². The van der Waals surface area contributed by atoms with Crippen LogP contribution in [-0.2, 0) is 0 Å². The zero-order valence-electron chi connectivity index (χ0n) is 13.5. The van der Waals surface area contributed by atoms with E-state index in [1.165, 1.54) is 6.20 Å². The number of aromatic amines is 1. The number of H-pyrrole nitrogens is 1. The highest BCUT2D eigenvalue weighted by Crippen LogP contribution is 2.25. The SMILES string of the molecule is COc1cccc(-c2cc(C(=N)/C=C\c3ncc(N)[nH]3)cnc2N)n1. The highest BCUT2D eigenvalue weighted by atomic mass is 16.5. The number of imidazole rings is 1. The lowest BCUT2D eigenvalue weighted by Gasteiger charge is -2.08. The zero-order chi connectivity index (χ0) is 17.8. The van der Waals surface area contributed by atoms with Crippen LogP contribution in [0.5, 0.6) is 5.88 Å². The Hall–Kier alpha value is -3.68. The van der Waals surface area contributed by atoms with Gasteiger partial charge in [-0.2, -0.15) is 0 Å². The number of hydrogen-bond donors (Lipinski definition) is 4. The second kappa shape index (κ2) is 6.83. The molecule has 3 rings (SSSR count). The standard InChI is InChI=1S/C17H17N7O/c1-25-16-4-2-3-13(23-16)11-7-10(8-22-17(11)20)12(18)5-6-15-21-9-14(19)24-15/h2-9,18H,19H2,1H3,(H2,20,22)(H,21,24)/b6-5-,18-12?. The first-order valence-electron chi connectivity index (χ1n) is 7.41. The van der Waals surface area contributed by atoms with Crippen LogP contribution in [0, 0.1) is 5.41 Å². The van der Waals surface area contributed by atoms with E-state index in [4.69, 9.17) is 21.6 Å². The highest BCUT2D eigenvalue weighted by Gasteiger charge is 2.10. The largest absolute Gasteiger partial charge is 0.481 e. The molecule has 0 saturated heterocycles. The van der Waals surface area contributed by atoms with Crippen molar-refractivity contribution >= 4 is 23.4 Å². The van der Waals surface area contributed by atoms with Crippen LogP contribution in [-0.4, -0.2) is 32.8 Å². The van der Waals surface area contributed by atoms with Crippen LogP contribution in [0.1, 0.15) is 11.4 Å². The van der Waals surface area contributed by atoms with Crippen molar-refractivity contribution in [2.24, 2.45) is 0 Å². The van der Waals surface area contributed by atoms with E-state index in [1.807, 2.05) is 12.1 Å². The van der Waals surface area contributed by atoms with Gasteiger partial charge >= 0.3 is 0 Å². The summed E-state index contributed by atoms with van der Waals surface area (Å²) in [7, 11) is 1.55. The molecule has 0 aliphatic heterocycles. The first-order valence-corrected chi connectivity index (χ1v) is 7.41. The fraction of sp³-hybridized carbons (Fsp3) is 0.0588. The van der Waals surface area contributed by atoms with Crippen LogP contribution in [0.4, 0.5) is 11.6 Å². The third kappa shape index (κ3) is 3.63. The quantitative estimate of drug-likeness (QED) is 0.527. The fourth-order valence-corrected chi connectivity index (χ4v) is 2.20. The summed E-state index contributed by atoms with van der Waals surface area (Å²) >= 11 is 0. The Balaban J connectivity index is 1.90. The Morgan fingerprint density at radius 2 is 2.08 bits per heavy atom. The summed E-state index contributed by atoms with van der Waals surface area (Å²) in [4.78, 5) is 15.5. The van der Waals surface area contributed by atoms with Crippen LogP contribution in [0.15, 0.2) is 42.7 Å². The van der Waals surface area contributed by atoms with Crippen LogP contribution in [0.25, 0.3) is 17.3 Å². The molecule has 8 nitrogen and oxygen atoms in total. The minimum absolute atomic E-state index is 0.256. The maximum absolute atomic E-state index is 8.21. The predicted molar refractivity (Wildman–Crippen MR) is 97.3 cm³/mol. The van der Waals surface area contributed by atoms with E-state index in [0.717, 1.165) is 0 Å². The van der Waals surface area contributed by atoms with Gasteiger partial charge < -0.3 is 26.6 Å². The molecule has 3 aromatic rings. The number of hydrogen-bond acceptors (Lipinski definition) is 7. The molecule has 0 atom stereocenters. The molecule has 25 heavy (non-hydrogen) atoms. The van der Waals surface area contributed by atoms with Gasteiger partial charge in [0.05, 0.1) is 24.7 Å². The lowest BCUT2D eigenvalue weighted by Crippen LogP contribution is -2.02. The van der Waals surface area contributed by atoms with E-state index >= 15 is 0 Å². The number of nitrogens with two attached hydrogens (primary N) is 2. The number of methoxy groups -OCH3 is 1. The van der Waals surface area contributed by atoms with E-state index < -0.39 is 0 Å². The van der Waals surface area contributed by atoms with Gasteiger partial charge in [-0.3, -0.25) is 0 Å². The number of nitrogens with one attached hydrogen (secondary N) is 2. The smallest absolute Gasteiger partial charge is 0.213 e. The normalized spacial score (nSPS) is 10.9. The molecule has 3 heterocycles. The number of nitrogens with zero attached hydrogens (tertiary/aromatic N) is 3. The van der Waals surface area contributed by atoms with Crippen molar-refractivity contribution in [3.63, 3.8) is 0 Å². The highest BCUT2D eigenvalue weighted by molar-refractivity contribution is 6.09. The van der Waals surface area contributed by atoms with Gasteiger partial charge in [0.1, 0.15) is 17.5 Å². The maximum atomic E-state index is 8.21. The Morgan fingerprint density at radius 3 is 2.80 bits per heavy atom. The number of anilines is 2. The van der Waals surface area contributed by atoms with Gasteiger partial charge in [-0.05, 0) is 24.3 Å². The van der Waals surface area contributed by atoms with Gasteiger partial charge in [-0.25, -0.2) is 15.0 Å². The van der Waals surface area contributed by atoms with Gasteiger partial charge in [0.15, 0.2) is 0 Å². The molecule has 0 aromatic carbocycles. The Labute approximate surface area is 144 Å². The van der Waals surface area contributed by atoms with Crippen molar-refractivity contribution in [1.29, 1.82) is 5.41 Å². The molecular weight excluding hydrogens is 318 g/mol. The summed E-state index contributed by atoms with van der Waals surface area (Å²) in [6.07, 6.45) is 6.33. The molecule has 0 aliphatic rings. The van der Waals surface area contributed by atoms with E-state index in [1.54, 1.807) is 37.6 Å². The number of aromatic nitrogens is 4. The summed E-state index contributed by atoms with van der Waals surface area (Å²) in [5.41, 5.74) is 13.7. The second-order valence-electron chi connectivity index (χ2n) is 5.19.